The summed E-state index contributed by atoms with van der Waals surface area (Å²) in [5, 5.41) is 1.94. The molecule has 0 aromatic rings. The van der Waals surface area contributed by atoms with Crippen molar-refractivity contribution in [2.75, 3.05) is 6.26 Å². The largest absolute Gasteiger partial charge is 0.170 e. The second kappa shape index (κ2) is 2.67. The summed E-state index contributed by atoms with van der Waals surface area (Å²) in [7, 11) is 0.674. The summed E-state index contributed by atoms with van der Waals surface area (Å²) in [6.07, 6.45) is 2.44. The van der Waals surface area contributed by atoms with Crippen LogP contribution in [0.5, 0.6) is 0 Å². The van der Waals surface area contributed by atoms with Crippen molar-refractivity contribution in [2.45, 2.75) is 52.0 Å². The fourth-order valence-corrected chi connectivity index (χ4v) is 6.32. The van der Waals surface area contributed by atoms with E-state index in [0.29, 0.717) is 21.7 Å². The van der Waals surface area contributed by atoms with E-state index in [4.69, 9.17) is 0 Å². The Morgan fingerprint density at radius 2 is 1.00 bits per heavy atom. The minimum absolute atomic E-state index is 0.524. The Kier molecular flexibility index (Phi) is 2.32. The first-order valence-electron chi connectivity index (χ1n) is 4.79. The SMILES string of the molecule is C[S+]1C(C(C)(C)C)C1C(C)(C)C. The normalized spacial score (nSPS) is 36.8. The van der Waals surface area contributed by atoms with Crippen LogP contribution in [0, 0.1) is 10.8 Å². The van der Waals surface area contributed by atoms with E-state index in [1.807, 2.05) is 0 Å². The van der Waals surface area contributed by atoms with Gasteiger partial charge in [-0.25, -0.2) is 0 Å². The lowest BCUT2D eigenvalue weighted by molar-refractivity contribution is 0.335. The molecule has 1 aliphatic heterocycles. The van der Waals surface area contributed by atoms with Crippen molar-refractivity contribution >= 4 is 10.9 Å². The fourth-order valence-electron chi connectivity index (χ4n) is 2.33. The number of rotatable bonds is 0. The van der Waals surface area contributed by atoms with Crippen molar-refractivity contribution in [3.05, 3.63) is 0 Å². The van der Waals surface area contributed by atoms with E-state index in [-0.39, 0.29) is 0 Å². The van der Waals surface area contributed by atoms with Gasteiger partial charge in [-0.3, -0.25) is 0 Å². The van der Waals surface area contributed by atoms with Crippen LogP contribution in [0.4, 0.5) is 0 Å². The molecule has 0 aromatic carbocycles. The third-order valence-electron chi connectivity index (χ3n) is 2.71. The van der Waals surface area contributed by atoms with Crippen molar-refractivity contribution in [2.24, 2.45) is 10.8 Å². The molecule has 1 aliphatic rings. The molecule has 2 atom stereocenters. The molecule has 0 spiro atoms. The molecule has 0 radical (unpaired) electrons. The van der Waals surface area contributed by atoms with Crippen LogP contribution in [0.25, 0.3) is 0 Å². The summed E-state index contributed by atoms with van der Waals surface area (Å²) >= 11 is 0. The first kappa shape index (κ1) is 10.4. The zero-order valence-corrected chi connectivity index (χ0v) is 10.4. The van der Waals surface area contributed by atoms with Crippen molar-refractivity contribution in [1.82, 2.24) is 0 Å². The monoisotopic (exact) mass is 187 g/mol. The molecule has 1 fully saturated rings. The molecule has 0 nitrogen and oxygen atoms in total. The van der Waals surface area contributed by atoms with E-state index in [0.717, 1.165) is 10.5 Å². The Morgan fingerprint density at radius 3 is 1.08 bits per heavy atom. The summed E-state index contributed by atoms with van der Waals surface area (Å²) in [4.78, 5) is 0. The minimum Gasteiger partial charge on any atom is -0.0552 e. The van der Waals surface area contributed by atoms with Crippen molar-refractivity contribution in [3.63, 3.8) is 0 Å². The Hall–Kier alpha value is 0.350. The van der Waals surface area contributed by atoms with Crippen LogP contribution < -0.4 is 0 Å². The van der Waals surface area contributed by atoms with Gasteiger partial charge in [0.1, 0.15) is 0 Å². The molecule has 0 aromatic heterocycles. The van der Waals surface area contributed by atoms with E-state index in [2.05, 4.69) is 47.8 Å². The summed E-state index contributed by atoms with van der Waals surface area (Å²) in [6, 6.07) is 0. The van der Waals surface area contributed by atoms with Crippen molar-refractivity contribution in [1.29, 1.82) is 0 Å². The molecule has 1 rings (SSSR count). The van der Waals surface area contributed by atoms with Gasteiger partial charge in [-0.15, -0.1) is 0 Å². The molecule has 1 heterocycles. The van der Waals surface area contributed by atoms with Crippen LogP contribution in [0.2, 0.25) is 0 Å². The lowest BCUT2D eigenvalue weighted by atomic mass is 9.81. The topological polar surface area (TPSA) is 0 Å². The molecule has 0 bridgehead atoms. The van der Waals surface area contributed by atoms with Crippen molar-refractivity contribution < 1.29 is 0 Å². The molecular weight excluding hydrogens is 164 g/mol. The van der Waals surface area contributed by atoms with Gasteiger partial charge in [0, 0.05) is 21.7 Å². The summed E-state index contributed by atoms with van der Waals surface area (Å²) < 4.78 is 0. The van der Waals surface area contributed by atoms with Gasteiger partial charge in [0.15, 0.2) is 10.5 Å². The van der Waals surface area contributed by atoms with E-state index < -0.39 is 0 Å². The summed E-state index contributed by atoms with van der Waals surface area (Å²) in [5.74, 6) is 0. The van der Waals surface area contributed by atoms with Crippen LogP contribution in [0.3, 0.4) is 0 Å². The first-order chi connectivity index (χ1) is 5.15. The van der Waals surface area contributed by atoms with E-state index in [9.17, 15) is 0 Å². The Bertz CT molecular complexity index is 150. The lowest BCUT2D eigenvalue weighted by Crippen LogP contribution is -2.23. The molecule has 0 saturated carbocycles. The second-order valence-electron chi connectivity index (χ2n) is 6.18. The lowest BCUT2D eigenvalue weighted by Gasteiger charge is -2.16. The van der Waals surface area contributed by atoms with Gasteiger partial charge < -0.3 is 0 Å². The third-order valence-corrected chi connectivity index (χ3v) is 5.95. The maximum Gasteiger partial charge on any atom is 0.170 e. The van der Waals surface area contributed by atoms with Gasteiger partial charge in [0.25, 0.3) is 0 Å². The predicted octanol–water partition coefficient (Wildman–Crippen LogP) is 3.08. The highest BCUT2D eigenvalue weighted by Gasteiger charge is 2.69. The Balaban J connectivity index is 2.67. The van der Waals surface area contributed by atoms with Crippen LogP contribution >= 0.6 is 0 Å². The van der Waals surface area contributed by atoms with Gasteiger partial charge in [0.2, 0.25) is 0 Å². The van der Waals surface area contributed by atoms with Gasteiger partial charge in [-0.05, 0) is 0 Å². The van der Waals surface area contributed by atoms with E-state index in [1.165, 1.54) is 0 Å². The van der Waals surface area contributed by atoms with Crippen LogP contribution in [-0.4, -0.2) is 16.8 Å². The van der Waals surface area contributed by atoms with Gasteiger partial charge in [-0.2, -0.15) is 0 Å². The zero-order chi connectivity index (χ0) is 9.73. The highest BCUT2D eigenvalue weighted by Crippen LogP contribution is 2.53. The van der Waals surface area contributed by atoms with Crippen LogP contribution in [0.1, 0.15) is 41.5 Å². The molecule has 72 valence electrons. The zero-order valence-electron chi connectivity index (χ0n) is 9.56. The van der Waals surface area contributed by atoms with E-state index >= 15 is 0 Å². The van der Waals surface area contributed by atoms with Crippen LogP contribution in [0.15, 0.2) is 0 Å². The average molecular weight is 187 g/mol. The predicted molar refractivity (Wildman–Crippen MR) is 59.8 cm³/mol. The van der Waals surface area contributed by atoms with Crippen LogP contribution in [-0.2, 0) is 10.9 Å². The number of hydrogen-bond donors (Lipinski definition) is 0. The molecule has 1 heteroatoms. The highest BCUT2D eigenvalue weighted by molar-refractivity contribution is 8.04. The molecule has 2 unspecified atom stereocenters. The van der Waals surface area contributed by atoms with Gasteiger partial charge in [-0.1, -0.05) is 41.5 Å². The molecular formula is C11H23S+. The summed E-state index contributed by atoms with van der Waals surface area (Å²) in [6.45, 7) is 14.3. The third kappa shape index (κ3) is 1.81. The Labute approximate surface area is 80.5 Å². The maximum absolute atomic E-state index is 2.44. The molecule has 0 amide bonds. The maximum atomic E-state index is 2.44. The number of hydrogen-bond acceptors (Lipinski definition) is 0. The Morgan fingerprint density at radius 1 is 0.750 bits per heavy atom. The highest BCUT2D eigenvalue weighted by atomic mass is 32.2. The molecule has 0 N–H and O–H groups in total. The van der Waals surface area contributed by atoms with Gasteiger partial charge in [0.05, 0.1) is 6.26 Å². The van der Waals surface area contributed by atoms with Gasteiger partial charge >= 0.3 is 0 Å². The molecule has 1 saturated heterocycles. The first-order valence-corrected chi connectivity index (χ1v) is 6.55. The minimum atomic E-state index is 0.524. The smallest absolute Gasteiger partial charge is 0.0552 e. The van der Waals surface area contributed by atoms with E-state index in [1.54, 1.807) is 0 Å². The fraction of sp³-hybridized carbons (Fsp3) is 1.00. The molecule has 0 aliphatic carbocycles. The standard InChI is InChI=1S/C11H23S/c1-10(2,3)8-9(12(8)7)11(4,5)6/h8-9H,1-7H3/q+1. The average Bonchev–Trinajstić information content (AvgIpc) is 2.35. The summed E-state index contributed by atoms with van der Waals surface area (Å²) in [5.41, 5.74) is 1.05. The quantitative estimate of drug-likeness (QED) is 0.404. The van der Waals surface area contributed by atoms with Crippen molar-refractivity contribution in [3.8, 4) is 0 Å². The second-order valence-corrected chi connectivity index (χ2v) is 8.41. The molecule has 12 heavy (non-hydrogen) atoms.